The van der Waals surface area contributed by atoms with Gasteiger partial charge in [0.15, 0.2) is 0 Å². The number of nitrogens with one attached hydrogen (secondary N) is 1. The van der Waals surface area contributed by atoms with Crippen molar-refractivity contribution in [2.75, 3.05) is 33.3 Å². The molecule has 7 nitrogen and oxygen atoms in total. The summed E-state index contributed by atoms with van der Waals surface area (Å²) >= 11 is 0. The van der Waals surface area contributed by atoms with E-state index in [2.05, 4.69) is 5.32 Å². The fourth-order valence-corrected chi connectivity index (χ4v) is 2.65. The van der Waals surface area contributed by atoms with Crippen LogP contribution in [0.15, 0.2) is 0 Å². The van der Waals surface area contributed by atoms with E-state index in [-0.39, 0.29) is 48.8 Å². The van der Waals surface area contributed by atoms with Crippen LogP contribution in [-0.4, -0.2) is 73.0 Å². The van der Waals surface area contributed by atoms with Gasteiger partial charge >= 0.3 is 0 Å². The summed E-state index contributed by atoms with van der Waals surface area (Å²) in [6, 6.07) is 0.0372. The number of nitrogens with zero attached hydrogens (tertiary/aromatic N) is 2. The Morgan fingerprint density at radius 2 is 2.00 bits per heavy atom. The van der Waals surface area contributed by atoms with E-state index in [9.17, 15) is 14.4 Å². The first-order valence-corrected chi connectivity index (χ1v) is 7.32. The second kappa shape index (κ2) is 6.43. The van der Waals surface area contributed by atoms with Gasteiger partial charge in [0.05, 0.1) is 18.1 Å². The molecule has 3 amide bonds. The molecule has 0 bridgehead atoms. The molecule has 0 aliphatic carbocycles. The van der Waals surface area contributed by atoms with Crippen LogP contribution in [0.4, 0.5) is 0 Å². The van der Waals surface area contributed by atoms with Crippen molar-refractivity contribution in [3.8, 4) is 0 Å². The van der Waals surface area contributed by atoms with E-state index < -0.39 is 0 Å². The molecule has 0 aromatic heterocycles. The highest BCUT2D eigenvalue weighted by Crippen LogP contribution is 2.25. The highest BCUT2D eigenvalue weighted by molar-refractivity contribution is 5.89. The van der Waals surface area contributed by atoms with Crippen molar-refractivity contribution in [2.45, 2.75) is 32.4 Å². The molecular formula is C14H23N3O4. The zero-order chi connectivity index (χ0) is 15.6. The Kier molecular flexibility index (Phi) is 4.82. The highest BCUT2D eigenvalue weighted by atomic mass is 16.5. The number of carbonyl (C=O) groups excluding carboxylic acids is 3. The van der Waals surface area contributed by atoms with Crippen molar-refractivity contribution in [2.24, 2.45) is 5.92 Å². The fourth-order valence-electron chi connectivity index (χ4n) is 2.65. The number of amides is 3. The molecule has 21 heavy (non-hydrogen) atoms. The standard InChI is InChI=1S/C14H23N3O4/c1-9(2)21-8-13(19)16-6-11(7-16)17-5-10(4-12(17)18)14(20)15-3/h9-11H,4-8H2,1-3H3,(H,15,20). The minimum absolute atomic E-state index is 0.000806. The number of ether oxygens (including phenoxy) is 1. The first-order valence-electron chi connectivity index (χ1n) is 7.32. The molecule has 0 radical (unpaired) electrons. The van der Waals surface area contributed by atoms with E-state index in [4.69, 9.17) is 4.74 Å². The molecule has 1 N–H and O–H groups in total. The lowest BCUT2D eigenvalue weighted by Gasteiger charge is -2.44. The quantitative estimate of drug-likeness (QED) is 0.722. The molecule has 2 saturated heterocycles. The highest BCUT2D eigenvalue weighted by Gasteiger charge is 2.43. The molecule has 0 aromatic rings. The maximum atomic E-state index is 11.9. The van der Waals surface area contributed by atoms with Crippen molar-refractivity contribution in [1.29, 1.82) is 0 Å². The molecule has 118 valence electrons. The first-order chi connectivity index (χ1) is 9.92. The molecule has 2 heterocycles. The summed E-state index contributed by atoms with van der Waals surface area (Å²) < 4.78 is 5.28. The van der Waals surface area contributed by atoms with E-state index in [1.54, 1.807) is 16.8 Å². The Morgan fingerprint density at radius 1 is 1.33 bits per heavy atom. The number of carbonyl (C=O) groups is 3. The second-order valence-electron chi connectivity index (χ2n) is 5.87. The molecule has 2 fully saturated rings. The van der Waals surface area contributed by atoms with Crippen LogP contribution in [0.2, 0.25) is 0 Å². The predicted molar refractivity (Wildman–Crippen MR) is 75.3 cm³/mol. The van der Waals surface area contributed by atoms with E-state index >= 15 is 0 Å². The molecule has 0 aromatic carbocycles. The Bertz CT molecular complexity index is 432. The third kappa shape index (κ3) is 3.53. The van der Waals surface area contributed by atoms with Crippen molar-refractivity contribution in [3.05, 3.63) is 0 Å². The van der Waals surface area contributed by atoms with Crippen LogP contribution in [-0.2, 0) is 19.1 Å². The monoisotopic (exact) mass is 297 g/mol. The third-order valence-electron chi connectivity index (χ3n) is 3.97. The maximum absolute atomic E-state index is 11.9. The normalized spacial score (nSPS) is 22.7. The minimum atomic E-state index is -0.267. The van der Waals surface area contributed by atoms with E-state index in [0.717, 1.165) is 0 Å². The minimum Gasteiger partial charge on any atom is -0.369 e. The maximum Gasteiger partial charge on any atom is 0.248 e. The summed E-state index contributed by atoms with van der Waals surface area (Å²) in [7, 11) is 1.58. The Hall–Kier alpha value is -1.63. The van der Waals surface area contributed by atoms with Crippen LogP contribution in [0.25, 0.3) is 0 Å². The Morgan fingerprint density at radius 3 is 2.57 bits per heavy atom. The summed E-state index contributed by atoms with van der Waals surface area (Å²) in [5.41, 5.74) is 0. The van der Waals surface area contributed by atoms with Gasteiger partial charge < -0.3 is 19.9 Å². The van der Waals surface area contributed by atoms with E-state index in [1.165, 1.54) is 0 Å². The topological polar surface area (TPSA) is 79.0 Å². The molecule has 0 spiro atoms. The van der Waals surface area contributed by atoms with Crippen LogP contribution < -0.4 is 5.32 Å². The van der Waals surface area contributed by atoms with Gasteiger partial charge in [0, 0.05) is 33.1 Å². The molecule has 1 unspecified atom stereocenters. The largest absolute Gasteiger partial charge is 0.369 e. The van der Waals surface area contributed by atoms with Gasteiger partial charge in [0.2, 0.25) is 17.7 Å². The lowest BCUT2D eigenvalue weighted by molar-refractivity contribution is -0.148. The zero-order valence-corrected chi connectivity index (χ0v) is 12.8. The van der Waals surface area contributed by atoms with Crippen molar-refractivity contribution >= 4 is 17.7 Å². The summed E-state index contributed by atoms with van der Waals surface area (Å²) in [6.45, 7) is 5.37. The number of hydrogen-bond acceptors (Lipinski definition) is 4. The van der Waals surface area contributed by atoms with Gasteiger partial charge in [0.25, 0.3) is 0 Å². The average Bonchev–Trinajstić information content (AvgIpc) is 2.76. The lowest BCUT2D eigenvalue weighted by atomic mass is 10.1. The summed E-state index contributed by atoms with van der Waals surface area (Å²) in [4.78, 5) is 38.8. The Labute approximate surface area is 124 Å². The molecule has 0 saturated carbocycles. The number of rotatable bonds is 5. The first kappa shape index (κ1) is 15.8. The molecular weight excluding hydrogens is 274 g/mol. The van der Waals surface area contributed by atoms with Gasteiger partial charge in [-0.05, 0) is 13.8 Å². The fraction of sp³-hybridized carbons (Fsp3) is 0.786. The molecule has 2 aliphatic heterocycles. The smallest absolute Gasteiger partial charge is 0.248 e. The predicted octanol–water partition coefficient (Wildman–Crippen LogP) is -0.783. The van der Waals surface area contributed by atoms with Crippen LogP contribution >= 0.6 is 0 Å². The molecule has 7 heteroatoms. The van der Waals surface area contributed by atoms with Gasteiger partial charge in [-0.2, -0.15) is 0 Å². The van der Waals surface area contributed by atoms with Crippen LogP contribution in [0.1, 0.15) is 20.3 Å². The van der Waals surface area contributed by atoms with Crippen molar-refractivity contribution in [3.63, 3.8) is 0 Å². The molecule has 2 rings (SSSR count). The second-order valence-corrected chi connectivity index (χ2v) is 5.87. The van der Waals surface area contributed by atoms with Gasteiger partial charge in [-0.25, -0.2) is 0 Å². The average molecular weight is 297 g/mol. The summed E-state index contributed by atoms with van der Waals surface area (Å²) in [5.74, 6) is -0.409. The van der Waals surface area contributed by atoms with Crippen molar-refractivity contribution in [1.82, 2.24) is 15.1 Å². The van der Waals surface area contributed by atoms with Gasteiger partial charge in [0.1, 0.15) is 6.61 Å². The number of likely N-dealkylation sites (tertiary alicyclic amines) is 2. The SMILES string of the molecule is CNC(=O)C1CC(=O)N(C2CN(C(=O)COC(C)C)C2)C1. The van der Waals surface area contributed by atoms with Crippen LogP contribution in [0.5, 0.6) is 0 Å². The Balaban J connectivity index is 1.78. The number of hydrogen-bond donors (Lipinski definition) is 1. The van der Waals surface area contributed by atoms with E-state index in [0.29, 0.717) is 19.6 Å². The van der Waals surface area contributed by atoms with Gasteiger partial charge in [-0.1, -0.05) is 0 Å². The third-order valence-corrected chi connectivity index (χ3v) is 3.97. The molecule has 1 atom stereocenters. The summed E-state index contributed by atoms with van der Waals surface area (Å²) in [6.07, 6.45) is 0.292. The molecule has 2 aliphatic rings. The van der Waals surface area contributed by atoms with Gasteiger partial charge in [-0.3, -0.25) is 14.4 Å². The summed E-state index contributed by atoms with van der Waals surface area (Å²) in [5, 5.41) is 2.58. The van der Waals surface area contributed by atoms with Crippen LogP contribution in [0.3, 0.4) is 0 Å². The van der Waals surface area contributed by atoms with Crippen LogP contribution in [0, 0.1) is 5.92 Å². The van der Waals surface area contributed by atoms with Crippen molar-refractivity contribution < 1.29 is 19.1 Å². The van der Waals surface area contributed by atoms with E-state index in [1.807, 2.05) is 13.8 Å². The van der Waals surface area contributed by atoms with Gasteiger partial charge in [-0.15, -0.1) is 0 Å². The zero-order valence-electron chi connectivity index (χ0n) is 12.8. The lowest BCUT2D eigenvalue weighted by Crippen LogP contribution is -2.62.